The molecule has 3 unspecified atom stereocenters. The van der Waals surface area contributed by atoms with Crippen molar-refractivity contribution in [1.29, 1.82) is 0 Å². The molecule has 0 spiro atoms. The van der Waals surface area contributed by atoms with E-state index in [1.165, 1.54) is 31.2 Å². The van der Waals surface area contributed by atoms with Crippen LogP contribution in [0, 0.1) is 11.8 Å². The largest absolute Gasteiger partial charge is 0.508 e. The third kappa shape index (κ3) is 1.94. The molecule has 3 rings (SSSR count). The molecule has 0 heterocycles. The molecule has 2 saturated carbocycles. The number of fused-ring (bicyclic) bond motifs is 2. The maximum Gasteiger partial charge on any atom is 0.115 e. The molecule has 2 N–H and O–H groups in total. The van der Waals surface area contributed by atoms with Crippen LogP contribution in [0.5, 0.6) is 5.75 Å². The fourth-order valence-electron chi connectivity index (χ4n) is 3.41. The maximum absolute atomic E-state index is 9.38. The molecule has 2 aliphatic rings. The summed E-state index contributed by atoms with van der Waals surface area (Å²) in [6.07, 6.45) is 5.68. The quantitative estimate of drug-likeness (QED) is 0.816. The number of phenols is 1. The van der Waals surface area contributed by atoms with Gasteiger partial charge in [0, 0.05) is 12.6 Å². The van der Waals surface area contributed by atoms with Crippen LogP contribution in [0.1, 0.15) is 31.2 Å². The van der Waals surface area contributed by atoms with Crippen molar-refractivity contribution in [3.63, 3.8) is 0 Å². The third-order valence-electron chi connectivity index (χ3n) is 4.22. The Hall–Kier alpha value is -1.02. The number of hydrogen-bond donors (Lipinski definition) is 2. The van der Waals surface area contributed by atoms with Crippen LogP contribution in [0.15, 0.2) is 24.3 Å². The summed E-state index contributed by atoms with van der Waals surface area (Å²) in [7, 11) is 0. The Kier molecular flexibility index (Phi) is 2.60. The van der Waals surface area contributed by atoms with Gasteiger partial charge in [-0.2, -0.15) is 0 Å². The molecule has 2 aliphatic carbocycles. The number of rotatable bonds is 3. The summed E-state index contributed by atoms with van der Waals surface area (Å²) < 4.78 is 0. The monoisotopic (exact) mass is 217 g/mol. The molecule has 2 nitrogen and oxygen atoms in total. The van der Waals surface area contributed by atoms with Gasteiger partial charge in [-0.1, -0.05) is 18.6 Å². The summed E-state index contributed by atoms with van der Waals surface area (Å²) in [5.41, 5.74) is 1.18. The van der Waals surface area contributed by atoms with Crippen LogP contribution < -0.4 is 5.32 Å². The molecule has 2 bridgehead atoms. The van der Waals surface area contributed by atoms with Gasteiger partial charge in [-0.05, 0) is 48.8 Å². The number of hydrogen-bond acceptors (Lipinski definition) is 2. The molecule has 1 aromatic carbocycles. The molecule has 1 aromatic rings. The van der Waals surface area contributed by atoms with E-state index in [0.717, 1.165) is 24.4 Å². The molecule has 0 saturated heterocycles. The molecule has 0 radical (unpaired) electrons. The van der Waals surface area contributed by atoms with Crippen LogP contribution in [0.2, 0.25) is 0 Å². The van der Waals surface area contributed by atoms with Crippen LogP contribution in [0.4, 0.5) is 0 Å². The van der Waals surface area contributed by atoms with Crippen LogP contribution in [-0.2, 0) is 6.54 Å². The number of phenolic OH excluding ortho intramolecular Hbond substituents is 1. The Morgan fingerprint density at radius 3 is 2.88 bits per heavy atom. The van der Waals surface area contributed by atoms with Crippen molar-refractivity contribution < 1.29 is 5.11 Å². The third-order valence-corrected chi connectivity index (χ3v) is 4.22. The van der Waals surface area contributed by atoms with Crippen molar-refractivity contribution in [1.82, 2.24) is 5.32 Å². The minimum atomic E-state index is 0.368. The van der Waals surface area contributed by atoms with Gasteiger partial charge in [0.25, 0.3) is 0 Å². The molecular formula is C14H19NO. The highest BCUT2D eigenvalue weighted by Gasteiger charge is 2.38. The molecule has 0 amide bonds. The zero-order valence-corrected chi connectivity index (χ0v) is 9.52. The van der Waals surface area contributed by atoms with Gasteiger partial charge in [0.1, 0.15) is 5.75 Å². The number of nitrogens with one attached hydrogen (secondary N) is 1. The molecule has 0 aliphatic heterocycles. The molecular weight excluding hydrogens is 198 g/mol. The van der Waals surface area contributed by atoms with Gasteiger partial charge < -0.3 is 10.4 Å². The molecule has 86 valence electrons. The van der Waals surface area contributed by atoms with Crippen molar-refractivity contribution in [3.05, 3.63) is 29.8 Å². The molecule has 0 aromatic heterocycles. The van der Waals surface area contributed by atoms with Crippen LogP contribution in [0.25, 0.3) is 0 Å². The number of benzene rings is 1. The van der Waals surface area contributed by atoms with Crippen molar-refractivity contribution in [2.24, 2.45) is 11.8 Å². The zero-order chi connectivity index (χ0) is 11.0. The minimum Gasteiger partial charge on any atom is -0.508 e. The smallest absolute Gasteiger partial charge is 0.115 e. The summed E-state index contributed by atoms with van der Waals surface area (Å²) >= 11 is 0. The van der Waals surface area contributed by atoms with Crippen LogP contribution in [0.3, 0.4) is 0 Å². The van der Waals surface area contributed by atoms with Crippen molar-refractivity contribution >= 4 is 0 Å². The first-order chi connectivity index (χ1) is 7.81. The predicted molar refractivity (Wildman–Crippen MR) is 64.2 cm³/mol. The Labute approximate surface area is 96.7 Å². The van der Waals surface area contributed by atoms with Gasteiger partial charge in [-0.15, -0.1) is 0 Å². The van der Waals surface area contributed by atoms with Gasteiger partial charge in [0.2, 0.25) is 0 Å². The van der Waals surface area contributed by atoms with E-state index in [0.29, 0.717) is 5.75 Å². The summed E-state index contributed by atoms with van der Waals surface area (Å²) in [5.74, 6) is 2.28. The van der Waals surface area contributed by atoms with E-state index in [-0.39, 0.29) is 0 Å². The second-order valence-electron chi connectivity index (χ2n) is 5.33. The van der Waals surface area contributed by atoms with Gasteiger partial charge >= 0.3 is 0 Å². The Balaban J connectivity index is 1.57. The van der Waals surface area contributed by atoms with E-state index in [2.05, 4.69) is 11.4 Å². The predicted octanol–water partition coefficient (Wildman–Crippen LogP) is 2.67. The lowest BCUT2D eigenvalue weighted by Gasteiger charge is -2.23. The standard InChI is InChI=1S/C14H19NO/c16-13-3-1-2-11(7-13)9-15-14-8-10-4-5-12(14)6-10/h1-3,7,10,12,14-16H,4-6,8-9H2. The van der Waals surface area contributed by atoms with Crippen molar-refractivity contribution in [3.8, 4) is 5.75 Å². The Morgan fingerprint density at radius 1 is 1.25 bits per heavy atom. The summed E-state index contributed by atoms with van der Waals surface area (Å²) in [4.78, 5) is 0. The normalized spacial score (nSPS) is 32.1. The van der Waals surface area contributed by atoms with Gasteiger partial charge in [0.15, 0.2) is 0 Å². The van der Waals surface area contributed by atoms with Gasteiger partial charge in [0.05, 0.1) is 0 Å². The SMILES string of the molecule is Oc1cccc(CNC2CC3CCC2C3)c1. The van der Waals surface area contributed by atoms with Gasteiger partial charge in [-0.3, -0.25) is 0 Å². The van der Waals surface area contributed by atoms with Crippen LogP contribution >= 0.6 is 0 Å². The molecule has 3 atom stereocenters. The first-order valence-corrected chi connectivity index (χ1v) is 6.32. The average Bonchev–Trinajstić information content (AvgIpc) is 2.88. The topological polar surface area (TPSA) is 32.3 Å². The van der Waals surface area contributed by atoms with E-state index in [4.69, 9.17) is 0 Å². The fourth-order valence-corrected chi connectivity index (χ4v) is 3.41. The second kappa shape index (κ2) is 4.10. The maximum atomic E-state index is 9.38. The van der Waals surface area contributed by atoms with Gasteiger partial charge in [-0.25, -0.2) is 0 Å². The van der Waals surface area contributed by atoms with E-state index in [1.54, 1.807) is 6.07 Å². The van der Waals surface area contributed by atoms with E-state index >= 15 is 0 Å². The summed E-state index contributed by atoms with van der Waals surface area (Å²) in [6, 6.07) is 8.27. The van der Waals surface area contributed by atoms with Crippen molar-refractivity contribution in [2.75, 3.05) is 0 Å². The van der Waals surface area contributed by atoms with E-state index in [1.807, 2.05) is 12.1 Å². The fraction of sp³-hybridized carbons (Fsp3) is 0.571. The lowest BCUT2D eigenvalue weighted by molar-refractivity contribution is 0.350. The number of aromatic hydroxyl groups is 1. The minimum absolute atomic E-state index is 0.368. The lowest BCUT2D eigenvalue weighted by Crippen LogP contribution is -2.33. The average molecular weight is 217 g/mol. The molecule has 2 heteroatoms. The highest BCUT2D eigenvalue weighted by atomic mass is 16.3. The molecule has 16 heavy (non-hydrogen) atoms. The highest BCUT2D eigenvalue weighted by molar-refractivity contribution is 5.27. The van der Waals surface area contributed by atoms with E-state index < -0.39 is 0 Å². The first kappa shape index (κ1) is 10.2. The second-order valence-corrected chi connectivity index (χ2v) is 5.33. The summed E-state index contributed by atoms with van der Waals surface area (Å²) in [5, 5.41) is 13.0. The van der Waals surface area contributed by atoms with Crippen LogP contribution in [-0.4, -0.2) is 11.1 Å². The summed E-state index contributed by atoms with van der Waals surface area (Å²) in [6.45, 7) is 0.891. The van der Waals surface area contributed by atoms with Crippen molar-refractivity contribution in [2.45, 2.75) is 38.3 Å². The Morgan fingerprint density at radius 2 is 2.19 bits per heavy atom. The first-order valence-electron chi connectivity index (χ1n) is 6.32. The highest BCUT2D eigenvalue weighted by Crippen LogP contribution is 2.44. The molecule has 2 fully saturated rings. The van der Waals surface area contributed by atoms with E-state index in [9.17, 15) is 5.11 Å². The lowest BCUT2D eigenvalue weighted by atomic mass is 9.95. The Bertz CT molecular complexity index is 377. The zero-order valence-electron chi connectivity index (χ0n) is 9.52.